The van der Waals surface area contributed by atoms with E-state index in [0.29, 0.717) is 12.3 Å². The number of nitrogens with two attached hydrogens (primary N) is 1. The van der Waals surface area contributed by atoms with Crippen LogP contribution in [0.15, 0.2) is 4.99 Å². The zero-order valence-electron chi connectivity index (χ0n) is 10.0. The van der Waals surface area contributed by atoms with Gasteiger partial charge >= 0.3 is 0 Å². The van der Waals surface area contributed by atoms with E-state index in [2.05, 4.69) is 11.9 Å². The van der Waals surface area contributed by atoms with E-state index in [4.69, 9.17) is 5.73 Å². The molecule has 1 amide bonds. The summed E-state index contributed by atoms with van der Waals surface area (Å²) in [4.78, 5) is 14.5. The summed E-state index contributed by atoms with van der Waals surface area (Å²) in [5.74, 6) is 0.450. The third kappa shape index (κ3) is 9.44. The van der Waals surface area contributed by atoms with Crippen molar-refractivity contribution in [1.29, 1.82) is 0 Å². The summed E-state index contributed by atoms with van der Waals surface area (Å²) in [6.07, 6.45) is 9.43. The average Bonchev–Trinajstić information content (AvgIpc) is 2.21. The lowest BCUT2D eigenvalue weighted by molar-refractivity contribution is -0.118. The minimum atomic E-state index is -0.181. The molecule has 0 aromatic rings. The zero-order chi connectivity index (χ0) is 11.5. The molecule has 1 atom stereocenters. The van der Waals surface area contributed by atoms with Crippen molar-refractivity contribution in [3.63, 3.8) is 0 Å². The second kappa shape index (κ2) is 9.69. The lowest BCUT2D eigenvalue weighted by Gasteiger charge is -2.08. The van der Waals surface area contributed by atoms with Gasteiger partial charge in [-0.3, -0.25) is 4.79 Å². The van der Waals surface area contributed by atoms with Crippen LogP contribution >= 0.6 is 0 Å². The molecular weight excluding hydrogens is 188 g/mol. The monoisotopic (exact) mass is 212 g/mol. The smallest absolute Gasteiger partial charge is 0.217 e. The topological polar surface area (TPSA) is 55.4 Å². The number of primary amides is 1. The molecule has 3 nitrogen and oxygen atoms in total. The van der Waals surface area contributed by atoms with Crippen LogP contribution in [0.5, 0.6) is 0 Å². The first-order valence-electron chi connectivity index (χ1n) is 5.91. The third-order valence-corrected chi connectivity index (χ3v) is 2.63. The highest BCUT2D eigenvalue weighted by molar-refractivity contribution is 5.73. The first-order valence-corrected chi connectivity index (χ1v) is 5.91. The summed E-state index contributed by atoms with van der Waals surface area (Å²) >= 11 is 0. The lowest BCUT2D eigenvalue weighted by Crippen LogP contribution is -2.09. The average molecular weight is 212 g/mol. The van der Waals surface area contributed by atoms with Gasteiger partial charge in [0.05, 0.1) is 0 Å². The summed E-state index contributed by atoms with van der Waals surface area (Å²) in [6.45, 7) is 2.19. The van der Waals surface area contributed by atoms with Gasteiger partial charge in [-0.25, -0.2) is 0 Å². The Kier molecular flexibility index (Phi) is 9.13. The summed E-state index contributed by atoms with van der Waals surface area (Å²) < 4.78 is 0. The highest BCUT2D eigenvalue weighted by Crippen LogP contribution is 2.12. The van der Waals surface area contributed by atoms with Gasteiger partial charge in [-0.2, -0.15) is 0 Å². The molecule has 0 aromatic carbocycles. The van der Waals surface area contributed by atoms with Gasteiger partial charge in [0.15, 0.2) is 0 Å². The van der Waals surface area contributed by atoms with Crippen molar-refractivity contribution < 1.29 is 4.79 Å². The highest BCUT2D eigenvalue weighted by Gasteiger charge is 2.02. The number of amides is 1. The second-order valence-corrected chi connectivity index (χ2v) is 3.99. The molecule has 0 radical (unpaired) electrons. The first-order chi connectivity index (χ1) is 7.20. The number of aliphatic imine (C=N–C) groups is 1. The van der Waals surface area contributed by atoms with Crippen molar-refractivity contribution in [3.05, 3.63) is 0 Å². The molecule has 0 bridgehead atoms. The van der Waals surface area contributed by atoms with Crippen LogP contribution < -0.4 is 5.73 Å². The van der Waals surface area contributed by atoms with Crippen molar-refractivity contribution in [2.75, 3.05) is 7.05 Å². The molecule has 3 heteroatoms. The van der Waals surface area contributed by atoms with E-state index < -0.39 is 0 Å². The molecule has 15 heavy (non-hydrogen) atoms. The maximum absolute atomic E-state index is 10.5. The van der Waals surface area contributed by atoms with Crippen molar-refractivity contribution in [2.45, 2.75) is 51.9 Å². The standard InChI is InChI=1S/C12H24N2O/c1-3-11(10-14-2)8-6-4-5-7-9-12(13)15/h10-11H,3-9H2,1-2H3,(H2,13,15). The zero-order valence-corrected chi connectivity index (χ0v) is 10.0. The maximum atomic E-state index is 10.5. The molecule has 0 heterocycles. The Morgan fingerprint density at radius 1 is 1.33 bits per heavy atom. The van der Waals surface area contributed by atoms with Crippen molar-refractivity contribution in [1.82, 2.24) is 0 Å². The normalized spacial score (nSPS) is 13.2. The molecule has 0 rings (SSSR count). The molecule has 0 aromatic heterocycles. The van der Waals surface area contributed by atoms with Gasteiger partial charge in [-0.1, -0.05) is 26.2 Å². The summed E-state index contributed by atoms with van der Waals surface area (Å²) in [5.41, 5.74) is 5.06. The number of hydrogen-bond donors (Lipinski definition) is 1. The predicted octanol–water partition coefficient (Wildman–Crippen LogP) is 2.54. The van der Waals surface area contributed by atoms with Crippen molar-refractivity contribution >= 4 is 12.1 Å². The number of carbonyl (C=O) groups excluding carboxylic acids is 1. The Balaban J connectivity index is 3.32. The first kappa shape index (κ1) is 14.1. The van der Waals surface area contributed by atoms with Crippen LogP contribution in [-0.2, 0) is 4.79 Å². The van der Waals surface area contributed by atoms with Crippen molar-refractivity contribution in [2.24, 2.45) is 16.6 Å². The van der Waals surface area contributed by atoms with Crippen LogP contribution in [-0.4, -0.2) is 19.2 Å². The van der Waals surface area contributed by atoms with E-state index in [1.165, 1.54) is 25.7 Å². The van der Waals surface area contributed by atoms with Crippen LogP contribution in [0, 0.1) is 5.92 Å². The molecular formula is C12H24N2O. The van der Waals surface area contributed by atoms with Crippen LogP contribution in [0.25, 0.3) is 0 Å². The van der Waals surface area contributed by atoms with E-state index >= 15 is 0 Å². The second-order valence-electron chi connectivity index (χ2n) is 3.99. The summed E-state index contributed by atoms with van der Waals surface area (Å²) in [7, 11) is 1.83. The molecule has 0 spiro atoms. The maximum Gasteiger partial charge on any atom is 0.217 e. The van der Waals surface area contributed by atoms with Gasteiger partial charge in [0.2, 0.25) is 5.91 Å². The van der Waals surface area contributed by atoms with Gasteiger partial charge < -0.3 is 10.7 Å². The largest absolute Gasteiger partial charge is 0.370 e. The number of hydrogen-bond acceptors (Lipinski definition) is 2. The molecule has 0 aliphatic rings. The lowest BCUT2D eigenvalue weighted by atomic mass is 9.99. The Morgan fingerprint density at radius 3 is 2.53 bits per heavy atom. The third-order valence-electron chi connectivity index (χ3n) is 2.63. The fourth-order valence-electron chi connectivity index (χ4n) is 1.65. The van der Waals surface area contributed by atoms with Gasteiger partial charge in [0.25, 0.3) is 0 Å². The Labute approximate surface area is 93.2 Å². The number of carbonyl (C=O) groups is 1. The van der Waals surface area contributed by atoms with E-state index in [1.807, 2.05) is 13.3 Å². The predicted molar refractivity (Wildman–Crippen MR) is 65.1 cm³/mol. The fraction of sp³-hybridized carbons (Fsp3) is 0.833. The van der Waals surface area contributed by atoms with Crippen LogP contribution in [0.3, 0.4) is 0 Å². The highest BCUT2D eigenvalue weighted by atomic mass is 16.1. The van der Waals surface area contributed by atoms with Gasteiger partial charge in [-0.05, 0) is 25.2 Å². The van der Waals surface area contributed by atoms with E-state index in [0.717, 1.165) is 12.8 Å². The molecule has 0 fully saturated rings. The molecule has 0 saturated carbocycles. The van der Waals surface area contributed by atoms with Crippen LogP contribution in [0.1, 0.15) is 51.9 Å². The van der Waals surface area contributed by atoms with Crippen LogP contribution in [0.2, 0.25) is 0 Å². The minimum absolute atomic E-state index is 0.181. The quantitative estimate of drug-likeness (QED) is 0.463. The Morgan fingerprint density at radius 2 is 2.00 bits per heavy atom. The van der Waals surface area contributed by atoms with Gasteiger partial charge in [-0.15, -0.1) is 0 Å². The van der Waals surface area contributed by atoms with Gasteiger partial charge in [0, 0.05) is 19.7 Å². The van der Waals surface area contributed by atoms with E-state index in [-0.39, 0.29) is 5.91 Å². The molecule has 88 valence electrons. The summed E-state index contributed by atoms with van der Waals surface area (Å²) in [5, 5.41) is 0. The van der Waals surface area contributed by atoms with E-state index in [9.17, 15) is 4.79 Å². The molecule has 1 unspecified atom stereocenters. The number of nitrogens with zero attached hydrogens (tertiary/aromatic N) is 1. The van der Waals surface area contributed by atoms with Crippen molar-refractivity contribution in [3.8, 4) is 0 Å². The molecule has 0 aliphatic heterocycles. The Hall–Kier alpha value is -0.860. The number of unbranched alkanes of at least 4 members (excludes halogenated alkanes) is 3. The molecule has 2 N–H and O–H groups in total. The SMILES string of the molecule is CCC(C=NC)CCCCCCC(N)=O. The van der Waals surface area contributed by atoms with Crippen LogP contribution in [0.4, 0.5) is 0 Å². The van der Waals surface area contributed by atoms with E-state index in [1.54, 1.807) is 0 Å². The Bertz CT molecular complexity index is 190. The van der Waals surface area contributed by atoms with Gasteiger partial charge in [0.1, 0.15) is 0 Å². The molecule has 0 saturated heterocycles. The summed E-state index contributed by atoms with van der Waals surface area (Å²) in [6, 6.07) is 0. The minimum Gasteiger partial charge on any atom is -0.370 e. The number of rotatable bonds is 9. The molecule has 0 aliphatic carbocycles. The fourth-order valence-corrected chi connectivity index (χ4v) is 1.65.